The van der Waals surface area contributed by atoms with E-state index >= 15 is 0 Å². The van der Waals surface area contributed by atoms with E-state index in [0.717, 1.165) is 36.1 Å². The molecule has 0 aliphatic carbocycles. The molecule has 35 heavy (non-hydrogen) atoms. The third-order valence-corrected chi connectivity index (χ3v) is 9.84. The lowest BCUT2D eigenvalue weighted by molar-refractivity contribution is -0.129. The normalized spacial score (nSPS) is 18.7. The molecule has 11 heteroatoms. The summed E-state index contributed by atoms with van der Waals surface area (Å²) in [6.45, 7) is 4.84. The Morgan fingerprint density at radius 3 is 2.49 bits per heavy atom. The lowest BCUT2D eigenvalue weighted by atomic mass is 10.0. The molecule has 2 aliphatic rings. The van der Waals surface area contributed by atoms with E-state index in [1.54, 1.807) is 9.21 Å². The van der Waals surface area contributed by atoms with E-state index < -0.39 is 21.8 Å². The summed E-state index contributed by atoms with van der Waals surface area (Å²) in [6, 6.07) is 5.84. The molecule has 0 saturated carbocycles. The molecular formula is C24H30N4O5S2. The van der Waals surface area contributed by atoms with Crippen molar-refractivity contribution < 1.29 is 22.8 Å². The van der Waals surface area contributed by atoms with E-state index in [-0.39, 0.29) is 28.0 Å². The first-order chi connectivity index (χ1) is 16.6. The summed E-state index contributed by atoms with van der Waals surface area (Å²) in [5, 5.41) is 3.10. The average Bonchev–Trinajstić information content (AvgIpc) is 3.21. The molecule has 1 atom stereocenters. The van der Waals surface area contributed by atoms with Crippen molar-refractivity contribution in [3.8, 4) is 0 Å². The molecule has 188 valence electrons. The summed E-state index contributed by atoms with van der Waals surface area (Å²) in [5.41, 5.74) is 6.93. The Hall–Kier alpha value is -2.76. The second kappa shape index (κ2) is 10.1. The largest absolute Gasteiger partial charge is 0.365 e. The second-order valence-electron chi connectivity index (χ2n) is 8.91. The second-order valence-corrected chi connectivity index (χ2v) is 11.9. The third kappa shape index (κ3) is 4.98. The molecule has 1 fully saturated rings. The summed E-state index contributed by atoms with van der Waals surface area (Å²) in [6.07, 6.45) is 3.97. The van der Waals surface area contributed by atoms with Crippen LogP contribution in [0.1, 0.15) is 70.7 Å². The van der Waals surface area contributed by atoms with Crippen molar-refractivity contribution in [2.24, 2.45) is 5.73 Å². The number of amides is 3. The number of anilines is 1. The fraction of sp³-hybridized carbons (Fsp3) is 0.458. The molecule has 3 heterocycles. The highest BCUT2D eigenvalue weighted by Gasteiger charge is 2.33. The zero-order valence-electron chi connectivity index (χ0n) is 19.9. The molecule has 0 spiro atoms. The third-order valence-electron chi connectivity index (χ3n) is 6.74. The first-order valence-electron chi connectivity index (χ1n) is 11.8. The van der Waals surface area contributed by atoms with E-state index in [9.17, 15) is 22.8 Å². The summed E-state index contributed by atoms with van der Waals surface area (Å²) in [4.78, 5) is 39.5. The average molecular weight is 519 g/mol. The van der Waals surface area contributed by atoms with Gasteiger partial charge >= 0.3 is 0 Å². The van der Waals surface area contributed by atoms with Crippen molar-refractivity contribution >= 4 is 44.1 Å². The van der Waals surface area contributed by atoms with Gasteiger partial charge in [-0.25, -0.2) is 8.42 Å². The molecule has 4 rings (SSSR count). The van der Waals surface area contributed by atoms with Crippen molar-refractivity contribution in [1.82, 2.24) is 9.21 Å². The smallest absolute Gasteiger partial charge is 0.256 e. The number of thiophene rings is 1. The fourth-order valence-corrected chi connectivity index (χ4v) is 7.84. The number of hydrogen-bond acceptors (Lipinski definition) is 6. The van der Waals surface area contributed by atoms with Gasteiger partial charge < -0.3 is 16.0 Å². The van der Waals surface area contributed by atoms with Crippen LogP contribution in [0.4, 0.5) is 5.00 Å². The van der Waals surface area contributed by atoms with Crippen molar-refractivity contribution in [1.29, 1.82) is 0 Å². The zero-order chi connectivity index (χ0) is 25.3. The number of rotatable bonds is 6. The fourth-order valence-electron chi connectivity index (χ4n) is 4.81. The number of fused-ring (bicyclic) bond motifs is 1. The SMILES string of the molecule is CCC1CCCCN1S(=O)(=O)c1ccc(C(=O)Nc2sc3c(c2C(N)=O)CCN(C(C)=O)C3)cc1. The maximum absolute atomic E-state index is 13.2. The number of nitrogens with one attached hydrogen (secondary N) is 1. The van der Waals surface area contributed by atoms with Crippen LogP contribution >= 0.6 is 11.3 Å². The molecule has 2 aliphatic heterocycles. The van der Waals surface area contributed by atoms with Gasteiger partial charge in [0.15, 0.2) is 0 Å². The van der Waals surface area contributed by atoms with Crippen LogP contribution in [0.5, 0.6) is 0 Å². The van der Waals surface area contributed by atoms with Gasteiger partial charge in [-0.05, 0) is 55.5 Å². The van der Waals surface area contributed by atoms with Gasteiger partial charge in [0.25, 0.3) is 11.8 Å². The lowest BCUT2D eigenvalue weighted by Crippen LogP contribution is -2.43. The summed E-state index contributed by atoms with van der Waals surface area (Å²) in [7, 11) is -3.65. The highest BCUT2D eigenvalue weighted by molar-refractivity contribution is 7.89. The molecule has 0 radical (unpaired) electrons. The van der Waals surface area contributed by atoms with E-state index in [0.29, 0.717) is 31.1 Å². The summed E-state index contributed by atoms with van der Waals surface area (Å²) in [5.74, 6) is -1.16. The quantitative estimate of drug-likeness (QED) is 0.607. The number of nitrogens with zero attached hydrogens (tertiary/aromatic N) is 2. The topological polar surface area (TPSA) is 130 Å². The van der Waals surface area contributed by atoms with Crippen molar-refractivity contribution in [2.45, 2.75) is 63.4 Å². The number of carbonyl (C=O) groups excluding carboxylic acids is 3. The lowest BCUT2D eigenvalue weighted by Gasteiger charge is -2.34. The molecule has 1 saturated heterocycles. The Bertz CT molecular complexity index is 1250. The number of sulfonamides is 1. The van der Waals surface area contributed by atoms with Crippen LogP contribution in [0.2, 0.25) is 0 Å². The molecule has 1 aromatic carbocycles. The van der Waals surface area contributed by atoms with Gasteiger partial charge in [0, 0.05) is 36.5 Å². The van der Waals surface area contributed by atoms with Crippen LogP contribution in [0, 0.1) is 0 Å². The van der Waals surface area contributed by atoms with Gasteiger partial charge in [0.2, 0.25) is 15.9 Å². The molecule has 9 nitrogen and oxygen atoms in total. The Labute approximate surface area is 209 Å². The Balaban J connectivity index is 1.54. The van der Waals surface area contributed by atoms with Crippen LogP contribution < -0.4 is 11.1 Å². The van der Waals surface area contributed by atoms with Crippen LogP contribution in [0.15, 0.2) is 29.2 Å². The summed E-state index contributed by atoms with van der Waals surface area (Å²) < 4.78 is 27.9. The molecule has 1 aromatic heterocycles. The highest BCUT2D eigenvalue weighted by atomic mass is 32.2. The number of piperidine rings is 1. The maximum atomic E-state index is 13.2. The van der Waals surface area contributed by atoms with Crippen LogP contribution in [0.3, 0.4) is 0 Å². The maximum Gasteiger partial charge on any atom is 0.256 e. The van der Waals surface area contributed by atoms with Gasteiger partial charge in [-0.2, -0.15) is 4.31 Å². The molecule has 3 amide bonds. The molecule has 3 N–H and O–H groups in total. The minimum Gasteiger partial charge on any atom is -0.365 e. The van der Waals surface area contributed by atoms with Crippen LogP contribution in [-0.4, -0.2) is 54.5 Å². The molecule has 1 unspecified atom stereocenters. The number of benzene rings is 1. The van der Waals surface area contributed by atoms with Crippen molar-refractivity contribution in [3.05, 3.63) is 45.8 Å². The highest BCUT2D eigenvalue weighted by Crippen LogP contribution is 2.37. The minimum atomic E-state index is -3.65. The zero-order valence-corrected chi connectivity index (χ0v) is 21.5. The van der Waals surface area contributed by atoms with Gasteiger partial charge in [-0.3, -0.25) is 14.4 Å². The number of primary amides is 1. The van der Waals surface area contributed by atoms with Crippen molar-refractivity contribution in [3.63, 3.8) is 0 Å². The predicted molar refractivity (Wildman–Crippen MR) is 134 cm³/mol. The Morgan fingerprint density at radius 2 is 1.86 bits per heavy atom. The van der Waals surface area contributed by atoms with E-state index in [4.69, 9.17) is 5.73 Å². The Morgan fingerprint density at radius 1 is 1.14 bits per heavy atom. The number of carbonyl (C=O) groups is 3. The monoisotopic (exact) mass is 518 g/mol. The van der Waals surface area contributed by atoms with Crippen LogP contribution in [0.25, 0.3) is 0 Å². The molecule has 2 aromatic rings. The Kier molecular flexibility index (Phi) is 7.30. The number of hydrogen-bond donors (Lipinski definition) is 2. The minimum absolute atomic E-state index is 0.00673. The van der Waals surface area contributed by atoms with Crippen LogP contribution in [-0.2, 0) is 27.8 Å². The summed E-state index contributed by atoms with van der Waals surface area (Å²) >= 11 is 1.23. The number of nitrogens with two attached hydrogens (primary N) is 1. The van der Waals surface area contributed by atoms with E-state index in [1.165, 1.54) is 42.5 Å². The first-order valence-corrected chi connectivity index (χ1v) is 14.0. The van der Waals surface area contributed by atoms with Gasteiger partial charge in [-0.1, -0.05) is 13.3 Å². The molecule has 0 bridgehead atoms. The van der Waals surface area contributed by atoms with Gasteiger partial charge in [-0.15, -0.1) is 11.3 Å². The van der Waals surface area contributed by atoms with Crippen molar-refractivity contribution in [2.75, 3.05) is 18.4 Å². The first kappa shape index (κ1) is 25.3. The van der Waals surface area contributed by atoms with E-state index in [1.807, 2.05) is 6.92 Å². The van der Waals surface area contributed by atoms with Gasteiger partial charge in [0.1, 0.15) is 5.00 Å². The van der Waals surface area contributed by atoms with Gasteiger partial charge in [0.05, 0.1) is 17.0 Å². The predicted octanol–water partition coefficient (Wildman–Crippen LogP) is 2.96. The standard InChI is InChI=1S/C24H30N4O5S2/c1-3-17-6-4-5-12-28(17)35(32,33)18-9-7-16(8-10-18)23(31)26-24-21(22(25)30)19-11-13-27(15(2)29)14-20(19)34-24/h7-10,17H,3-6,11-14H2,1-2H3,(H2,25,30)(H,26,31). The van der Waals surface area contributed by atoms with E-state index in [2.05, 4.69) is 5.32 Å². The molecular weight excluding hydrogens is 488 g/mol.